The number of benzene rings is 3. The molecule has 3 aromatic rings. The van der Waals surface area contributed by atoms with Crippen LogP contribution in [0.1, 0.15) is 42.2 Å². The minimum Gasteiger partial charge on any atom is -0.460 e. The van der Waals surface area contributed by atoms with Crippen LogP contribution in [0, 0.1) is 0 Å². The lowest BCUT2D eigenvalue weighted by Crippen LogP contribution is -2.36. The number of esters is 1. The fraction of sp³-hybridized carbons (Fsp3) is 0.192. The van der Waals surface area contributed by atoms with Gasteiger partial charge in [0.15, 0.2) is 0 Å². The molecule has 9 heteroatoms. The number of hydrogen-bond acceptors (Lipinski definition) is 6. The Morgan fingerprint density at radius 1 is 0.857 bits per heavy atom. The molecular weight excluding hydrogens is 468 g/mol. The van der Waals surface area contributed by atoms with Crippen molar-refractivity contribution in [3.05, 3.63) is 101 Å². The molecule has 35 heavy (non-hydrogen) atoms. The van der Waals surface area contributed by atoms with Crippen molar-refractivity contribution in [2.24, 2.45) is 0 Å². The van der Waals surface area contributed by atoms with Crippen LogP contribution in [0.2, 0.25) is 0 Å². The minimum atomic E-state index is -3.81. The topological polar surface area (TPSA) is 101 Å². The highest BCUT2D eigenvalue weighted by Gasteiger charge is 2.35. The quantitative estimate of drug-likeness (QED) is 0.389. The molecular formula is C26H22N2O6S. The SMILES string of the molecule is O=C(OCCN1C(=O)c2ccccc2C1=O)c1cccc(S(=O)(=O)N2CCc3ccccc3C2)c1. The summed E-state index contributed by atoms with van der Waals surface area (Å²) in [7, 11) is -3.81. The monoisotopic (exact) mass is 490 g/mol. The van der Waals surface area contributed by atoms with Crippen LogP contribution in [0.5, 0.6) is 0 Å². The Bertz CT molecular complexity index is 1410. The van der Waals surface area contributed by atoms with Gasteiger partial charge in [0.25, 0.3) is 11.8 Å². The number of imide groups is 1. The van der Waals surface area contributed by atoms with Crippen molar-refractivity contribution in [3.8, 4) is 0 Å². The number of sulfonamides is 1. The van der Waals surface area contributed by atoms with Gasteiger partial charge in [0.1, 0.15) is 6.61 Å². The molecule has 0 atom stereocenters. The molecule has 0 aliphatic carbocycles. The minimum absolute atomic E-state index is 0.00618. The number of amides is 2. The average molecular weight is 491 g/mol. The van der Waals surface area contributed by atoms with Crippen molar-refractivity contribution < 1.29 is 27.5 Å². The molecule has 2 heterocycles. The molecule has 2 aliphatic heterocycles. The van der Waals surface area contributed by atoms with Gasteiger partial charge >= 0.3 is 5.97 Å². The van der Waals surface area contributed by atoms with E-state index in [2.05, 4.69) is 0 Å². The third kappa shape index (κ3) is 4.24. The predicted octanol–water partition coefficient (Wildman–Crippen LogP) is 2.89. The van der Waals surface area contributed by atoms with Gasteiger partial charge in [-0.25, -0.2) is 13.2 Å². The number of hydrogen-bond donors (Lipinski definition) is 0. The molecule has 0 aromatic heterocycles. The smallest absolute Gasteiger partial charge is 0.338 e. The fourth-order valence-corrected chi connectivity index (χ4v) is 5.83. The van der Waals surface area contributed by atoms with Crippen molar-refractivity contribution in [2.45, 2.75) is 17.9 Å². The van der Waals surface area contributed by atoms with Crippen LogP contribution >= 0.6 is 0 Å². The summed E-state index contributed by atoms with van der Waals surface area (Å²) in [5, 5.41) is 0. The molecule has 2 aliphatic rings. The Labute approximate surface area is 202 Å². The van der Waals surface area contributed by atoms with Gasteiger partial charge in [0, 0.05) is 13.1 Å². The average Bonchev–Trinajstić information content (AvgIpc) is 3.13. The van der Waals surface area contributed by atoms with Crippen molar-refractivity contribution in [1.82, 2.24) is 9.21 Å². The van der Waals surface area contributed by atoms with Crippen molar-refractivity contribution in [1.29, 1.82) is 0 Å². The normalized spacial score (nSPS) is 15.6. The molecule has 0 fully saturated rings. The van der Waals surface area contributed by atoms with Gasteiger partial charge in [-0.15, -0.1) is 0 Å². The van der Waals surface area contributed by atoms with E-state index in [1.165, 1.54) is 28.6 Å². The van der Waals surface area contributed by atoms with Gasteiger partial charge in [-0.3, -0.25) is 14.5 Å². The molecule has 2 amide bonds. The van der Waals surface area contributed by atoms with Crippen LogP contribution in [0.25, 0.3) is 0 Å². The zero-order valence-corrected chi connectivity index (χ0v) is 19.5. The van der Waals surface area contributed by atoms with Crippen molar-refractivity contribution in [2.75, 3.05) is 19.7 Å². The number of ether oxygens (including phenoxy) is 1. The molecule has 0 saturated carbocycles. The largest absolute Gasteiger partial charge is 0.460 e. The summed E-state index contributed by atoms with van der Waals surface area (Å²) in [6.07, 6.45) is 0.620. The predicted molar refractivity (Wildman–Crippen MR) is 126 cm³/mol. The Morgan fingerprint density at radius 3 is 2.23 bits per heavy atom. The Morgan fingerprint density at radius 2 is 1.51 bits per heavy atom. The number of nitrogens with zero attached hydrogens (tertiary/aromatic N) is 2. The Hall–Kier alpha value is -3.82. The lowest BCUT2D eigenvalue weighted by molar-refractivity contribution is 0.0420. The molecule has 8 nitrogen and oxygen atoms in total. The van der Waals surface area contributed by atoms with E-state index in [1.807, 2.05) is 24.3 Å². The van der Waals surface area contributed by atoms with Crippen LogP contribution < -0.4 is 0 Å². The highest BCUT2D eigenvalue weighted by Crippen LogP contribution is 2.26. The van der Waals surface area contributed by atoms with E-state index in [0.29, 0.717) is 24.1 Å². The van der Waals surface area contributed by atoms with E-state index in [0.717, 1.165) is 16.0 Å². The van der Waals surface area contributed by atoms with Crippen LogP contribution in [-0.2, 0) is 27.7 Å². The summed E-state index contributed by atoms with van der Waals surface area (Å²) in [6, 6.07) is 19.9. The first-order valence-corrected chi connectivity index (χ1v) is 12.6. The van der Waals surface area contributed by atoms with Gasteiger partial charge in [0.2, 0.25) is 10.0 Å². The molecule has 0 unspecified atom stereocenters. The van der Waals surface area contributed by atoms with Gasteiger partial charge < -0.3 is 4.74 Å². The van der Waals surface area contributed by atoms with E-state index in [-0.39, 0.29) is 30.2 Å². The third-order valence-electron chi connectivity index (χ3n) is 6.23. The standard InChI is InChI=1S/C26H22N2O6S/c29-24-22-10-3-4-11-23(22)25(30)28(24)14-15-34-26(31)19-8-5-9-21(16-19)35(32,33)27-13-12-18-6-1-2-7-20(18)17-27/h1-11,16H,12-15,17H2. The lowest BCUT2D eigenvalue weighted by atomic mass is 10.0. The second kappa shape index (κ2) is 9.09. The molecule has 0 spiro atoms. The first kappa shape index (κ1) is 22.9. The summed E-state index contributed by atoms with van der Waals surface area (Å²) in [4.78, 5) is 38.5. The van der Waals surface area contributed by atoms with Crippen LogP contribution in [0.3, 0.4) is 0 Å². The highest BCUT2D eigenvalue weighted by molar-refractivity contribution is 7.89. The first-order valence-electron chi connectivity index (χ1n) is 11.2. The Balaban J connectivity index is 1.24. The molecule has 178 valence electrons. The van der Waals surface area contributed by atoms with Gasteiger partial charge in [-0.1, -0.05) is 42.5 Å². The number of carbonyl (C=O) groups is 3. The summed E-state index contributed by atoms with van der Waals surface area (Å²) in [6.45, 7) is 0.329. The molecule has 3 aromatic carbocycles. The molecule has 0 radical (unpaired) electrons. The van der Waals surface area contributed by atoms with Gasteiger partial charge in [-0.2, -0.15) is 4.31 Å². The molecule has 0 bridgehead atoms. The van der Waals surface area contributed by atoms with E-state index in [9.17, 15) is 22.8 Å². The molecule has 0 N–H and O–H groups in total. The third-order valence-corrected chi connectivity index (χ3v) is 8.07. The van der Waals surface area contributed by atoms with E-state index < -0.39 is 27.8 Å². The Kier molecular flexibility index (Phi) is 5.96. The van der Waals surface area contributed by atoms with Gasteiger partial charge in [-0.05, 0) is 47.9 Å². The maximum Gasteiger partial charge on any atom is 0.338 e. The van der Waals surface area contributed by atoms with E-state index in [1.54, 1.807) is 24.3 Å². The summed E-state index contributed by atoms with van der Waals surface area (Å²) in [5.74, 6) is -1.60. The van der Waals surface area contributed by atoms with Crippen LogP contribution in [0.15, 0.2) is 77.7 Å². The van der Waals surface area contributed by atoms with Crippen molar-refractivity contribution in [3.63, 3.8) is 0 Å². The second-order valence-corrected chi connectivity index (χ2v) is 10.3. The summed E-state index contributed by atoms with van der Waals surface area (Å²) < 4.78 is 33.1. The maximum atomic E-state index is 13.2. The second-order valence-electron chi connectivity index (χ2n) is 8.33. The van der Waals surface area contributed by atoms with Crippen molar-refractivity contribution >= 4 is 27.8 Å². The maximum absolute atomic E-state index is 13.2. The first-order chi connectivity index (χ1) is 16.9. The molecule has 0 saturated heterocycles. The lowest BCUT2D eigenvalue weighted by Gasteiger charge is -2.28. The van der Waals surface area contributed by atoms with Crippen LogP contribution in [0.4, 0.5) is 0 Å². The van der Waals surface area contributed by atoms with E-state index >= 15 is 0 Å². The summed E-state index contributed by atoms with van der Waals surface area (Å²) >= 11 is 0. The fourth-order valence-electron chi connectivity index (χ4n) is 4.36. The number of rotatable bonds is 6. The molecule has 5 rings (SSSR count). The summed E-state index contributed by atoms with van der Waals surface area (Å²) in [5.41, 5.74) is 2.82. The highest BCUT2D eigenvalue weighted by atomic mass is 32.2. The number of carbonyl (C=O) groups excluding carboxylic acids is 3. The van der Waals surface area contributed by atoms with E-state index in [4.69, 9.17) is 4.74 Å². The number of fused-ring (bicyclic) bond motifs is 2. The van der Waals surface area contributed by atoms with Crippen LogP contribution in [-0.4, -0.2) is 55.1 Å². The zero-order chi connectivity index (χ0) is 24.6. The zero-order valence-electron chi connectivity index (χ0n) is 18.7. The van der Waals surface area contributed by atoms with Gasteiger partial charge in [0.05, 0.1) is 28.1 Å².